The highest BCUT2D eigenvalue weighted by Gasteiger charge is 2.29. The molecule has 0 amide bonds. The Kier molecular flexibility index (Phi) is 3.26. The molecular weight excluding hydrogens is 308 g/mol. The van der Waals surface area contributed by atoms with Gasteiger partial charge in [-0.05, 0) is 37.0 Å². The molecule has 0 spiro atoms. The number of anilines is 1. The van der Waals surface area contributed by atoms with Crippen LogP contribution in [0.3, 0.4) is 0 Å². The third-order valence-corrected chi connectivity index (χ3v) is 4.46. The molecule has 3 nitrogen and oxygen atoms in total. The first-order chi connectivity index (χ1) is 10.6. The molecule has 0 unspecified atom stereocenters. The maximum Gasteiger partial charge on any atom is 0.135 e. The van der Waals surface area contributed by atoms with E-state index in [2.05, 4.69) is 9.97 Å². The van der Waals surface area contributed by atoms with E-state index in [9.17, 15) is 8.78 Å². The second-order valence-electron chi connectivity index (χ2n) is 5.84. The van der Waals surface area contributed by atoms with Crippen molar-refractivity contribution in [3.8, 4) is 0 Å². The first-order valence-corrected chi connectivity index (χ1v) is 7.75. The molecule has 0 N–H and O–H groups in total. The van der Waals surface area contributed by atoms with Gasteiger partial charge in [-0.1, -0.05) is 11.6 Å². The molecule has 2 heterocycles. The molecule has 1 aromatic heterocycles. The summed E-state index contributed by atoms with van der Waals surface area (Å²) in [6.45, 7) is 0.890. The van der Waals surface area contributed by atoms with Crippen molar-refractivity contribution in [3.63, 3.8) is 0 Å². The average molecular weight is 322 g/mol. The quantitative estimate of drug-likeness (QED) is 0.787. The lowest BCUT2D eigenvalue weighted by atomic mass is 9.98. The van der Waals surface area contributed by atoms with Crippen LogP contribution in [0.15, 0.2) is 18.2 Å². The van der Waals surface area contributed by atoms with Crippen LogP contribution in [0.1, 0.15) is 35.7 Å². The number of benzene rings is 1. The van der Waals surface area contributed by atoms with E-state index in [0.29, 0.717) is 47.5 Å². The standard InChI is InChI=1S/C16H14ClF2N3/c17-14-7-15(21-16(20-14)9-1-2-9)22-6-5-10-11(8-22)13(19)4-3-12(10)18/h3-4,7,9H,1-2,5-6,8H2. The smallest absolute Gasteiger partial charge is 0.135 e. The molecule has 1 aliphatic carbocycles. The van der Waals surface area contributed by atoms with Gasteiger partial charge in [-0.15, -0.1) is 0 Å². The van der Waals surface area contributed by atoms with Crippen LogP contribution in [-0.4, -0.2) is 16.5 Å². The van der Waals surface area contributed by atoms with E-state index in [4.69, 9.17) is 11.6 Å². The molecule has 6 heteroatoms. The number of hydrogen-bond acceptors (Lipinski definition) is 3. The lowest BCUT2D eigenvalue weighted by molar-refractivity contribution is 0.548. The zero-order valence-electron chi connectivity index (χ0n) is 11.8. The van der Waals surface area contributed by atoms with Crippen molar-refractivity contribution >= 4 is 17.4 Å². The van der Waals surface area contributed by atoms with E-state index in [1.165, 1.54) is 12.1 Å². The van der Waals surface area contributed by atoms with Gasteiger partial charge in [-0.25, -0.2) is 18.7 Å². The first kappa shape index (κ1) is 13.9. The van der Waals surface area contributed by atoms with Crippen LogP contribution in [0.5, 0.6) is 0 Å². The lowest BCUT2D eigenvalue weighted by Crippen LogP contribution is -2.32. The van der Waals surface area contributed by atoms with Crippen LogP contribution in [0, 0.1) is 11.6 Å². The van der Waals surface area contributed by atoms with Gasteiger partial charge in [0.15, 0.2) is 0 Å². The van der Waals surface area contributed by atoms with Crippen LogP contribution in [-0.2, 0) is 13.0 Å². The van der Waals surface area contributed by atoms with Gasteiger partial charge in [0.2, 0.25) is 0 Å². The Balaban J connectivity index is 1.69. The first-order valence-electron chi connectivity index (χ1n) is 7.37. The minimum absolute atomic E-state index is 0.302. The van der Waals surface area contributed by atoms with E-state index in [1.807, 2.05) is 4.90 Å². The summed E-state index contributed by atoms with van der Waals surface area (Å²) < 4.78 is 27.8. The maximum absolute atomic E-state index is 14.0. The molecule has 1 fully saturated rings. The predicted molar refractivity (Wildman–Crippen MR) is 80.1 cm³/mol. The van der Waals surface area contributed by atoms with E-state index in [1.54, 1.807) is 6.07 Å². The topological polar surface area (TPSA) is 29.0 Å². The van der Waals surface area contributed by atoms with Crippen molar-refractivity contribution in [2.24, 2.45) is 0 Å². The number of fused-ring (bicyclic) bond motifs is 1. The average Bonchev–Trinajstić information content (AvgIpc) is 3.35. The van der Waals surface area contributed by atoms with Crippen LogP contribution in [0.4, 0.5) is 14.6 Å². The van der Waals surface area contributed by atoms with Crippen molar-refractivity contribution in [1.82, 2.24) is 9.97 Å². The summed E-state index contributed by atoms with van der Waals surface area (Å²) >= 11 is 6.09. The molecule has 114 valence electrons. The molecule has 2 aromatic rings. The zero-order valence-corrected chi connectivity index (χ0v) is 12.6. The third kappa shape index (κ3) is 2.43. The Morgan fingerprint density at radius 3 is 2.55 bits per heavy atom. The molecule has 2 aliphatic rings. The fourth-order valence-corrected chi connectivity index (χ4v) is 3.08. The molecule has 4 rings (SSSR count). The molecule has 0 atom stereocenters. The van der Waals surface area contributed by atoms with Crippen molar-refractivity contribution in [3.05, 3.63) is 51.9 Å². The minimum Gasteiger partial charge on any atom is -0.352 e. The van der Waals surface area contributed by atoms with Crippen molar-refractivity contribution in [1.29, 1.82) is 0 Å². The van der Waals surface area contributed by atoms with E-state index in [-0.39, 0.29) is 11.6 Å². The molecule has 1 saturated carbocycles. The van der Waals surface area contributed by atoms with E-state index < -0.39 is 0 Å². The van der Waals surface area contributed by atoms with Crippen molar-refractivity contribution in [2.45, 2.75) is 31.7 Å². The molecule has 0 saturated heterocycles. The van der Waals surface area contributed by atoms with Gasteiger partial charge in [-0.3, -0.25) is 0 Å². The highest BCUT2D eigenvalue weighted by Crippen LogP contribution is 2.39. The summed E-state index contributed by atoms with van der Waals surface area (Å²) in [6, 6.07) is 4.06. The summed E-state index contributed by atoms with van der Waals surface area (Å²) in [5.41, 5.74) is 0.882. The second kappa shape index (κ2) is 5.16. The largest absolute Gasteiger partial charge is 0.352 e. The molecule has 22 heavy (non-hydrogen) atoms. The Bertz CT molecular complexity index is 746. The number of aromatic nitrogens is 2. The van der Waals surface area contributed by atoms with Gasteiger partial charge >= 0.3 is 0 Å². The van der Waals surface area contributed by atoms with Crippen molar-refractivity contribution < 1.29 is 8.78 Å². The van der Waals surface area contributed by atoms with Crippen molar-refractivity contribution in [2.75, 3.05) is 11.4 Å². The lowest BCUT2D eigenvalue weighted by Gasteiger charge is -2.30. The number of rotatable bonds is 2. The summed E-state index contributed by atoms with van der Waals surface area (Å²) in [4.78, 5) is 10.8. The summed E-state index contributed by atoms with van der Waals surface area (Å²) in [6.07, 6.45) is 2.63. The molecule has 0 bridgehead atoms. The monoisotopic (exact) mass is 321 g/mol. The van der Waals surface area contributed by atoms with Crippen LogP contribution in [0.2, 0.25) is 5.15 Å². The minimum atomic E-state index is -0.372. The highest BCUT2D eigenvalue weighted by molar-refractivity contribution is 6.29. The fraction of sp³-hybridized carbons (Fsp3) is 0.375. The van der Waals surface area contributed by atoms with E-state index >= 15 is 0 Å². The summed E-state index contributed by atoms with van der Waals surface area (Å²) in [7, 11) is 0. The second-order valence-corrected chi connectivity index (χ2v) is 6.23. The number of halogens is 3. The van der Waals surface area contributed by atoms with Gasteiger partial charge in [0.05, 0.1) is 0 Å². The third-order valence-electron chi connectivity index (χ3n) is 4.26. The zero-order chi connectivity index (χ0) is 15.3. The Hall–Kier alpha value is -1.75. The van der Waals surface area contributed by atoms with Gasteiger partial charge in [-0.2, -0.15) is 0 Å². The summed E-state index contributed by atoms with van der Waals surface area (Å²) in [5, 5.41) is 0.400. The predicted octanol–water partition coefficient (Wildman–Crippen LogP) is 3.85. The van der Waals surface area contributed by atoms with Gasteiger partial charge in [0, 0.05) is 30.6 Å². The van der Waals surface area contributed by atoms with Crippen LogP contribution < -0.4 is 4.90 Å². The SMILES string of the molecule is Fc1ccc(F)c2c1CCN(c1cc(Cl)nc(C3CC3)n1)C2. The maximum atomic E-state index is 14.0. The Labute approximate surface area is 131 Å². The molecule has 1 aliphatic heterocycles. The normalized spacial score (nSPS) is 17.5. The Morgan fingerprint density at radius 2 is 1.82 bits per heavy atom. The number of nitrogens with zero attached hydrogens (tertiary/aromatic N) is 3. The summed E-state index contributed by atoms with van der Waals surface area (Å²) in [5.74, 6) is 1.13. The van der Waals surface area contributed by atoms with Gasteiger partial charge in [0.25, 0.3) is 0 Å². The number of hydrogen-bond donors (Lipinski definition) is 0. The van der Waals surface area contributed by atoms with Gasteiger partial charge in [0.1, 0.15) is 28.4 Å². The Morgan fingerprint density at radius 1 is 1.09 bits per heavy atom. The van der Waals surface area contributed by atoms with E-state index in [0.717, 1.165) is 18.7 Å². The van der Waals surface area contributed by atoms with Gasteiger partial charge < -0.3 is 4.90 Å². The fourth-order valence-electron chi connectivity index (χ4n) is 2.90. The molecular formula is C16H14ClF2N3. The molecule has 1 aromatic carbocycles. The van der Waals surface area contributed by atoms with Crippen LogP contribution >= 0.6 is 11.6 Å². The highest BCUT2D eigenvalue weighted by atomic mass is 35.5. The van der Waals surface area contributed by atoms with Crippen LogP contribution in [0.25, 0.3) is 0 Å². The molecule has 0 radical (unpaired) electrons.